The lowest BCUT2D eigenvalue weighted by atomic mass is 10.1. The van der Waals surface area contributed by atoms with Crippen molar-refractivity contribution in [3.63, 3.8) is 0 Å². The van der Waals surface area contributed by atoms with Gasteiger partial charge in [-0.15, -0.1) is 11.3 Å². The number of nitrogens with one attached hydrogen (secondary N) is 2. The van der Waals surface area contributed by atoms with Gasteiger partial charge < -0.3 is 15.4 Å². The van der Waals surface area contributed by atoms with Gasteiger partial charge in [-0.1, -0.05) is 18.2 Å². The van der Waals surface area contributed by atoms with Crippen molar-refractivity contribution < 1.29 is 18.3 Å². The maximum atomic E-state index is 12.0. The van der Waals surface area contributed by atoms with Gasteiger partial charge in [0, 0.05) is 18.0 Å². The molecule has 0 spiro atoms. The molecule has 0 aliphatic heterocycles. The van der Waals surface area contributed by atoms with Crippen LogP contribution in [0.15, 0.2) is 41.8 Å². The van der Waals surface area contributed by atoms with Crippen molar-refractivity contribution in [2.24, 2.45) is 0 Å². The average molecular weight is 340 g/mol. The van der Waals surface area contributed by atoms with Crippen LogP contribution in [0, 0.1) is 0 Å². The van der Waals surface area contributed by atoms with Crippen molar-refractivity contribution in [3.8, 4) is 5.75 Å². The van der Waals surface area contributed by atoms with E-state index in [2.05, 4.69) is 15.4 Å². The Morgan fingerprint density at radius 3 is 2.39 bits per heavy atom. The zero-order valence-corrected chi connectivity index (χ0v) is 13.2. The second-order valence-electron chi connectivity index (χ2n) is 4.78. The molecule has 2 aromatic rings. The number of alkyl halides is 2. The molecule has 0 fully saturated rings. The van der Waals surface area contributed by atoms with Crippen molar-refractivity contribution in [2.75, 3.05) is 13.1 Å². The molecule has 0 radical (unpaired) electrons. The third kappa shape index (κ3) is 6.65. The molecule has 0 saturated carbocycles. The molecule has 0 atom stereocenters. The predicted molar refractivity (Wildman–Crippen MR) is 86.2 cm³/mol. The van der Waals surface area contributed by atoms with Crippen LogP contribution in [-0.4, -0.2) is 25.7 Å². The highest BCUT2D eigenvalue weighted by Gasteiger charge is 2.04. The predicted octanol–water partition coefficient (Wildman–Crippen LogP) is 3.43. The molecule has 124 valence electrons. The van der Waals surface area contributed by atoms with Crippen LogP contribution in [0.4, 0.5) is 13.6 Å². The molecule has 2 amide bonds. The summed E-state index contributed by atoms with van der Waals surface area (Å²) in [6.07, 6.45) is 1.43. The van der Waals surface area contributed by atoms with E-state index in [1.54, 1.807) is 23.5 Å². The quantitative estimate of drug-likeness (QED) is 0.773. The molecule has 1 heterocycles. The van der Waals surface area contributed by atoms with E-state index in [0.717, 1.165) is 12.0 Å². The van der Waals surface area contributed by atoms with E-state index in [0.29, 0.717) is 19.5 Å². The number of thiophene rings is 1. The highest BCUT2D eigenvalue weighted by Crippen LogP contribution is 2.15. The molecule has 0 aliphatic rings. The summed E-state index contributed by atoms with van der Waals surface area (Å²) in [5, 5.41) is 7.56. The number of carbonyl (C=O) groups excluding carboxylic acids is 1. The van der Waals surface area contributed by atoms with Crippen LogP contribution < -0.4 is 15.4 Å². The van der Waals surface area contributed by atoms with Gasteiger partial charge in [-0.3, -0.25) is 0 Å². The van der Waals surface area contributed by atoms with Gasteiger partial charge in [0.05, 0.1) is 0 Å². The van der Waals surface area contributed by atoms with Gasteiger partial charge in [-0.25, -0.2) is 4.79 Å². The molecule has 0 aliphatic carbocycles. The smallest absolute Gasteiger partial charge is 0.387 e. The minimum atomic E-state index is -2.82. The lowest BCUT2D eigenvalue weighted by Crippen LogP contribution is -2.37. The molecule has 1 aromatic heterocycles. The standard InChI is InChI=1S/C16H18F2N2O2S/c17-15(18)22-13-5-3-12(4-6-13)7-9-19-16(21)20-10-8-14-2-1-11-23-14/h1-6,11,15H,7-10H2,(H2,19,20,21). The molecule has 2 N–H and O–H groups in total. The third-order valence-electron chi connectivity index (χ3n) is 3.08. The van der Waals surface area contributed by atoms with Gasteiger partial charge in [-0.2, -0.15) is 8.78 Å². The van der Waals surface area contributed by atoms with Gasteiger partial charge in [0.15, 0.2) is 0 Å². The van der Waals surface area contributed by atoms with Crippen LogP contribution in [0.25, 0.3) is 0 Å². The Balaban J connectivity index is 1.61. The number of halogens is 2. The Bertz CT molecular complexity index is 589. The van der Waals surface area contributed by atoms with Crippen molar-refractivity contribution in [3.05, 3.63) is 52.2 Å². The maximum Gasteiger partial charge on any atom is 0.387 e. The van der Waals surface area contributed by atoms with Crippen LogP contribution >= 0.6 is 11.3 Å². The monoisotopic (exact) mass is 340 g/mol. The highest BCUT2D eigenvalue weighted by atomic mass is 32.1. The second kappa shape index (κ2) is 9.09. The molecule has 2 rings (SSSR count). The van der Waals surface area contributed by atoms with Crippen molar-refractivity contribution in [1.82, 2.24) is 10.6 Å². The lowest BCUT2D eigenvalue weighted by Gasteiger charge is -2.08. The molecular weight excluding hydrogens is 322 g/mol. The summed E-state index contributed by atoms with van der Waals surface area (Å²) >= 11 is 1.67. The average Bonchev–Trinajstić information content (AvgIpc) is 3.02. The number of hydrogen-bond acceptors (Lipinski definition) is 3. The van der Waals surface area contributed by atoms with Crippen LogP contribution in [-0.2, 0) is 12.8 Å². The molecule has 0 bridgehead atoms. The van der Waals surface area contributed by atoms with Gasteiger partial charge in [0.1, 0.15) is 5.75 Å². The van der Waals surface area contributed by atoms with Crippen molar-refractivity contribution in [1.29, 1.82) is 0 Å². The van der Waals surface area contributed by atoms with E-state index in [1.807, 2.05) is 17.5 Å². The van der Waals surface area contributed by atoms with Crippen LogP contribution in [0.3, 0.4) is 0 Å². The van der Waals surface area contributed by atoms with Crippen LogP contribution in [0.5, 0.6) is 5.75 Å². The van der Waals surface area contributed by atoms with E-state index in [-0.39, 0.29) is 11.8 Å². The van der Waals surface area contributed by atoms with E-state index in [9.17, 15) is 13.6 Å². The highest BCUT2D eigenvalue weighted by molar-refractivity contribution is 7.09. The van der Waals surface area contributed by atoms with E-state index in [1.165, 1.54) is 17.0 Å². The summed E-state index contributed by atoms with van der Waals surface area (Å²) in [6, 6.07) is 10.2. The molecule has 4 nitrogen and oxygen atoms in total. The first-order valence-electron chi connectivity index (χ1n) is 7.21. The SMILES string of the molecule is O=C(NCCc1ccc(OC(F)F)cc1)NCCc1cccs1. The molecule has 0 unspecified atom stereocenters. The maximum absolute atomic E-state index is 12.0. The number of benzene rings is 1. The fraction of sp³-hybridized carbons (Fsp3) is 0.312. The molecule has 0 saturated heterocycles. The fourth-order valence-electron chi connectivity index (χ4n) is 1.97. The first kappa shape index (κ1) is 17.2. The van der Waals surface area contributed by atoms with Gasteiger partial charge in [-0.05, 0) is 42.0 Å². The Labute approximate surface area is 137 Å². The van der Waals surface area contributed by atoms with Gasteiger partial charge >= 0.3 is 12.6 Å². The summed E-state index contributed by atoms with van der Waals surface area (Å²) in [5.41, 5.74) is 0.936. The Kier molecular flexibility index (Phi) is 6.80. The van der Waals surface area contributed by atoms with Crippen LogP contribution in [0.1, 0.15) is 10.4 Å². The molecule has 1 aromatic carbocycles. The van der Waals surface area contributed by atoms with Gasteiger partial charge in [0.25, 0.3) is 0 Å². The topological polar surface area (TPSA) is 50.4 Å². The minimum Gasteiger partial charge on any atom is -0.435 e. The summed E-state index contributed by atoms with van der Waals surface area (Å²) in [4.78, 5) is 12.8. The number of carbonyl (C=O) groups is 1. The Morgan fingerprint density at radius 2 is 1.78 bits per heavy atom. The molecule has 23 heavy (non-hydrogen) atoms. The Hall–Kier alpha value is -2.15. The van der Waals surface area contributed by atoms with Crippen molar-refractivity contribution in [2.45, 2.75) is 19.5 Å². The summed E-state index contributed by atoms with van der Waals surface area (Å²) < 4.78 is 28.3. The van der Waals surface area contributed by atoms with Crippen molar-refractivity contribution >= 4 is 17.4 Å². The van der Waals surface area contributed by atoms with E-state index in [4.69, 9.17) is 0 Å². The number of amides is 2. The zero-order chi connectivity index (χ0) is 16.5. The number of rotatable bonds is 8. The summed E-state index contributed by atoms with van der Waals surface area (Å²) in [7, 11) is 0. The largest absolute Gasteiger partial charge is 0.435 e. The molecular formula is C16H18F2N2O2S. The first-order valence-corrected chi connectivity index (χ1v) is 8.09. The summed E-state index contributed by atoms with van der Waals surface area (Å²) in [6.45, 7) is -1.76. The fourth-order valence-corrected chi connectivity index (χ4v) is 2.68. The first-order chi connectivity index (χ1) is 11.1. The number of hydrogen-bond donors (Lipinski definition) is 2. The lowest BCUT2D eigenvalue weighted by molar-refractivity contribution is -0.0498. The normalized spacial score (nSPS) is 10.6. The number of urea groups is 1. The zero-order valence-electron chi connectivity index (χ0n) is 12.4. The third-order valence-corrected chi connectivity index (χ3v) is 4.02. The number of ether oxygens (including phenoxy) is 1. The van der Waals surface area contributed by atoms with E-state index >= 15 is 0 Å². The minimum absolute atomic E-state index is 0.128. The van der Waals surface area contributed by atoms with Gasteiger partial charge in [0.2, 0.25) is 0 Å². The molecule has 7 heteroatoms. The summed E-state index contributed by atoms with van der Waals surface area (Å²) in [5.74, 6) is 0.128. The van der Waals surface area contributed by atoms with Crippen LogP contribution in [0.2, 0.25) is 0 Å². The Morgan fingerprint density at radius 1 is 1.09 bits per heavy atom. The van der Waals surface area contributed by atoms with E-state index < -0.39 is 6.61 Å². The second-order valence-corrected chi connectivity index (χ2v) is 5.82.